The maximum Gasteiger partial charge on any atom is 0.251 e. The van der Waals surface area contributed by atoms with E-state index < -0.39 is 0 Å². The predicted molar refractivity (Wildman–Crippen MR) is 132 cm³/mol. The molecular weight excluding hydrogens is 451 g/mol. The lowest BCUT2D eigenvalue weighted by atomic mass is 10.1. The van der Waals surface area contributed by atoms with E-state index in [9.17, 15) is 9.18 Å². The molecule has 0 radical (unpaired) electrons. The van der Waals surface area contributed by atoms with Gasteiger partial charge in [-0.25, -0.2) is 14.4 Å². The molecule has 1 amide bonds. The van der Waals surface area contributed by atoms with Gasteiger partial charge in [0.25, 0.3) is 5.91 Å². The Morgan fingerprint density at radius 1 is 1.12 bits per heavy atom. The first-order valence-electron chi connectivity index (χ1n) is 11.3. The van der Waals surface area contributed by atoms with Crippen LogP contribution >= 0.6 is 11.8 Å². The van der Waals surface area contributed by atoms with Crippen LogP contribution in [-0.4, -0.2) is 40.2 Å². The van der Waals surface area contributed by atoms with E-state index in [1.807, 2.05) is 49.4 Å². The third-order valence-corrected chi connectivity index (χ3v) is 6.29. The van der Waals surface area contributed by atoms with Gasteiger partial charge in [0.15, 0.2) is 10.8 Å². The molecule has 2 heterocycles. The van der Waals surface area contributed by atoms with E-state index in [4.69, 9.17) is 9.72 Å². The molecule has 0 unspecified atom stereocenters. The molecular formula is C26H27FN4O2S. The minimum absolute atomic E-state index is 0.0934. The van der Waals surface area contributed by atoms with Crippen LogP contribution in [0.5, 0.6) is 0 Å². The highest BCUT2D eigenvalue weighted by molar-refractivity contribution is 7.98. The number of benzene rings is 2. The summed E-state index contributed by atoms with van der Waals surface area (Å²) >= 11 is 1.55. The predicted octanol–water partition coefficient (Wildman–Crippen LogP) is 5.07. The van der Waals surface area contributed by atoms with Gasteiger partial charge in [-0.2, -0.15) is 0 Å². The summed E-state index contributed by atoms with van der Waals surface area (Å²) in [6, 6.07) is 18.0. The van der Waals surface area contributed by atoms with Crippen molar-refractivity contribution >= 4 is 28.8 Å². The number of nitrogens with one attached hydrogen (secondary N) is 1. The highest BCUT2D eigenvalue weighted by Gasteiger charge is 2.14. The number of carbonyl (C=O) groups excluding carboxylic acids is 1. The van der Waals surface area contributed by atoms with Crippen molar-refractivity contribution in [3.63, 3.8) is 0 Å². The molecule has 8 heteroatoms. The molecule has 0 aliphatic rings. The fourth-order valence-corrected chi connectivity index (χ4v) is 4.48. The van der Waals surface area contributed by atoms with Gasteiger partial charge in [-0.05, 0) is 60.9 Å². The Morgan fingerprint density at radius 3 is 2.76 bits per heavy atom. The summed E-state index contributed by atoms with van der Waals surface area (Å²) in [6.45, 7) is 4.42. The molecule has 4 rings (SSSR count). The van der Waals surface area contributed by atoms with Crippen LogP contribution in [-0.2, 0) is 17.0 Å². The molecule has 34 heavy (non-hydrogen) atoms. The van der Waals surface area contributed by atoms with E-state index in [1.54, 1.807) is 30.1 Å². The number of hydrogen-bond acceptors (Lipinski definition) is 5. The number of ether oxygens (including phenoxy) is 1. The molecule has 0 aliphatic carbocycles. The minimum atomic E-state index is -0.244. The number of pyridine rings is 1. The third kappa shape index (κ3) is 6.21. The van der Waals surface area contributed by atoms with Crippen molar-refractivity contribution in [2.75, 3.05) is 19.8 Å². The fourth-order valence-electron chi connectivity index (χ4n) is 3.53. The quantitative estimate of drug-likeness (QED) is 0.241. The van der Waals surface area contributed by atoms with Crippen LogP contribution in [0.1, 0.15) is 34.8 Å². The first kappa shape index (κ1) is 23.9. The Morgan fingerprint density at radius 2 is 1.97 bits per heavy atom. The zero-order chi connectivity index (χ0) is 23.8. The van der Waals surface area contributed by atoms with Gasteiger partial charge in [-0.15, -0.1) is 0 Å². The second-order valence-electron chi connectivity index (χ2n) is 7.75. The van der Waals surface area contributed by atoms with Crippen molar-refractivity contribution in [2.45, 2.75) is 30.8 Å². The van der Waals surface area contributed by atoms with Gasteiger partial charge in [0.05, 0.1) is 6.54 Å². The van der Waals surface area contributed by atoms with Crippen molar-refractivity contribution in [3.8, 4) is 0 Å². The normalized spacial score (nSPS) is 11.1. The van der Waals surface area contributed by atoms with Crippen molar-refractivity contribution in [2.24, 2.45) is 0 Å². The van der Waals surface area contributed by atoms with Crippen LogP contribution in [0.4, 0.5) is 4.39 Å². The van der Waals surface area contributed by atoms with Crippen LogP contribution in [0.3, 0.4) is 0 Å². The van der Waals surface area contributed by atoms with E-state index >= 15 is 0 Å². The van der Waals surface area contributed by atoms with Crippen LogP contribution in [0, 0.1) is 5.82 Å². The first-order valence-corrected chi connectivity index (χ1v) is 12.3. The van der Waals surface area contributed by atoms with Crippen molar-refractivity contribution in [1.29, 1.82) is 0 Å². The van der Waals surface area contributed by atoms with E-state index in [-0.39, 0.29) is 11.7 Å². The summed E-state index contributed by atoms with van der Waals surface area (Å²) < 4.78 is 20.9. The van der Waals surface area contributed by atoms with E-state index in [0.717, 1.165) is 33.9 Å². The number of halogens is 1. The van der Waals surface area contributed by atoms with Crippen molar-refractivity contribution in [3.05, 3.63) is 89.4 Å². The highest BCUT2D eigenvalue weighted by Crippen LogP contribution is 2.27. The van der Waals surface area contributed by atoms with E-state index in [1.165, 1.54) is 6.07 Å². The molecule has 0 bridgehead atoms. The average Bonchev–Trinajstić information content (AvgIpc) is 3.20. The van der Waals surface area contributed by atoms with Crippen LogP contribution in [0.25, 0.3) is 11.2 Å². The monoisotopic (exact) mass is 478 g/mol. The summed E-state index contributed by atoms with van der Waals surface area (Å²) in [5.74, 6) is 0.263. The van der Waals surface area contributed by atoms with Gasteiger partial charge < -0.3 is 10.1 Å². The standard InChI is InChI=1S/C26H27FN4O2S/c1-2-33-15-5-14-29-25(32)21-11-9-19(10-12-21)17-31-24-23(8-4-13-28-24)30-26(31)34-18-20-6-3-7-22(27)16-20/h3-4,6-13,16H,2,5,14-15,17-18H2,1H3,(H,29,32). The Kier molecular flexibility index (Phi) is 8.27. The lowest BCUT2D eigenvalue weighted by Crippen LogP contribution is -2.25. The molecule has 0 fully saturated rings. The summed E-state index contributed by atoms with van der Waals surface area (Å²) in [6.07, 6.45) is 2.54. The second kappa shape index (κ2) is 11.8. The summed E-state index contributed by atoms with van der Waals surface area (Å²) in [4.78, 5) is 21.6. The zero-order valence-electron chi connectivity index (χ0n) is 19.0. The number of imidazole rings is 1. The van der Waals surface area contributed by atoms with Crippen LogP contribution in [0.2, 0.25) is 0 Å². The molecule has 176 valence electrons. The average molecular weight is 479 g/mol. The van der Waals surface area contributed by atoms with E-state index in [0.29, 0.717) is 37.6 Å². The molecule has 0 aliphatic heterocycles. The molecule has 2 aromatic carbocycles. The van der Waals surface area contributed by atoms with Crippen molar-refractivity contribution < 1.29 is 13.9 Å². The highest BCUT2D eigenvalue weighted by atomic mass is 32.2. The minimum Gasteiger partial charge on any atom is -0.382 e. The largest absolute Gasteiger partial charge is 0.382 e. The van der Waals surface area contributed by atoms with Gasteiger partial charge in [0.1, 0.15) is 11.3 Å². The SMILES string of the molecule is CCOCCCNC(=O)c1ccc(Cn2c(SCc3cccc(F)c3)nc3cccnc32)cc1. The summed E-state index contributed by atoms with van der Waals surface area (Å²) in [5, 5.41) is 3.73. The number of amides is 1. The number of rotatable bonds is 11. The second-order valence-corrected chi connectivity index (χ2v) is 8.69. The topological polar surface area (TPSA) is 69.0 Å². The van der Waals surface area contributed by atoms with Gasteiger partial charge in [-0.3, -0.25) is 9.36 Å². The Hall–Kier alpha value is -3.23. The summed E-state index contributed by atoms with van der Waals surface area (Å²) in [5.41, 5.74) is 4.15. The summed E-state index contributed by atoms with van der Waals surface area (Å²) in [7, 11) is 0. The smallest absolute Gasteiger partial charge is 0.251 e. The van der Waals surface area contributed by atoms with Crippen LogP contribution in [0.15, 0.2) is 72.0 Å². The Bertz CT molecular complexity index is 1240. The van der Waals surface area contributed by atoms with Gasteiger partial charge in [0, 0.05) is 37.3 Å². The Balaban J connectivity index is 1.45. The molecule has 1 N–H and O–H groups in total. The molecule has 2 aromatic heterocycles. The molecule has 0 saturated heterocycles. The number of carbonyl (C=O) groups is 1. The number of thioether (sulfide) groups is 1. The molecule has 0 spiro atoms. The molecule has 6 nitrogen and oxygen atoms in total. The lowest BCUT2D eigenvalue weighted by Gasteiger charge is -2.10. The molecule has 4 aromatic rings. The molecule has 0 saturated carbocycles. The molecule has 0 atom stereocenters. The lowest BCUT2D eigenvalue weighted by molar-refractivity contribution is 0.0944. The third-order valence-electron chi connectivity index (χ3n) is 5.24. The van der Waals surface area contributed by atoms with E-state index in [2.05, 4.69) is 14.9 Å². The number of fused-ring (bicyclic) bond motifs is 1. The zero-order valence-corrected chi connectivity index (χ0v) is 19.9. The first-order chi connectivity index (χ1) is 16.6. The maximum absolute atomic E-state index is 13.6. The fraction of sp³-hybridized carbons (Fsp3) is 0.269. The van der Waals surface area contributed by atoms with Crippen LogP contribution < -0.4 is 5.32 Å². The van der Waals surface area contributed by atoms with Crippen molar-refractivity contribution in [1.82, 2.24) is 19.9 Å². The maximum atomic E-state index is 13.6. The Labute approximate surface area is 202 Å². The number of aromatic nitrogens is 3. The number of nitrogens with zero attached hydrogens (tertiary/aromatic N) is 3. The van der Waals surface area contributed by atoms with Gasteiger partial charge >= 0.3 is 0 Å². The number of hydrogen-bond donors (Lipinski definition) is 1. The van der Waals surface area contributed by atoms with Gasteiger partial charge in [-0.1, -0.05) is 36.0 Å². The van der Waals surface area contributed by atoms with Gasteiger partial charge in [0.2, 0.25) is 0 Å².